The van der Waals surface area contributed by atoms with Crippen molar-refractivity contribution in [2.75, 3.05) is 6.61 Å². The van der Waals surface area contributed by atoms with Crippen molar-refractivity contribution in [1.29, 1.82) is 0 Å². The number of rotatable bonds is 2. The second-order valence-electron chi connectivity index (χ2n) is 6.56. The van der Waals surface area contributed by atoms with Crippen LogP contribution >= 0.6 is 0 Å². The van der Waals surface area contributed by atoms with Crippen LogP contribution in [0.2, 0.25) is 0 Å². The molecule has 2 fully saturated rings. The Bertz CT molecular complexity index is 780. The van der Waals surface area contributed by atoms with Gasteiger partial charge in [0.15, 0.2) is 0 Å². The molecule has 0 N–H and O–H groups in total. The van der Waals surface area contributed by atoms with Gasteiger partial charge in [-0.3, -0.25) is 4.79 Å². The first-order chi connectivity index (χ1) is 10.8. The van der Waals surface area contributed by atoms with E-state index in [1.54, 1.807) is 0 Å². The molecule has 0 bridgehead atoms. The van der Waals surface area contributed by atoms with Crippen molar-refractivity contribution in [2.24, 2.45) is 11.3 Å². The number of allylic oxidation sites excluding steroid dienone is 1. The number of carbonyl (C=O) groups excluding carboxylic acids is 1. The molecule has 1 saturated heterocycles. The summed E-state index contributed by atoms with van der Waals surface area (Å²) in [7, 11) is 0. The van der Waals surface area contributed by atoms with Gasteiger partial charge in [0, 0.05) is 11.3 Å². The Labute approximate surface area is 129 Å². The van der Waals surface area contributed by atoms with Gasteiger partial charge in [-0.1, -0.05) is 72.8 Å². The Hall–Kier alpha value is -2.35. The summed E-state index contributed by atoms with van der Waals surface area (Å²) in [5.41, 5.74) is 1.66. The van der Waals surface area contributed by atoms with Crippen LogP contribution in [0.1, 0.15) is 17.0 Å². The molecule has 1 heterocycles. The van der Waals surface area contributed by atoms with Crippen molar-refractivity contribution in [1.82, 2.24) is 0 Å². The van der Waals surface area contributed by atoms with E-state index in [2.05, 4.69) is 48.6 Å². The molecule has 2 heteroatoms. The molecule has 3 aliphatic rings. The van der Waals surface area contributed by atoms with Crippen LogP contribution < -0.4 is 0 Å². The van der Waals surface area contributed by atoms with E-state index in [0.29, 0.717) is 18.4 Å². The van der Waals surface area contributed by atoms with Crippen molar-refractivity contribution in [3.63, 3.8) is 0 Å². The Morgan fingerprint density at radius 3 is 2.36 bits per heavy atom. The van der Waals surface area contributed by atoms with Gasteiger partial charge in [-0.15, -0.1) is 0 Å². The number of hydrogen-bond acceptors (Lipinski definition) is 2. The zero-order chi connectivity index (χ0) is 14.8. The standard InChI is InChI=1S/C20H16O2/c21-18-19(15-9-5-2-6-10-15)12-11-16-17(20(16,19)13-22-18)14-7-3-1-4-8-14/h1-12,16-17H,13H2/t16?,17-,19-,20?/m0/s1. The predicted octanol–water partition coefficient (Wildman–Crippen LogP) is 3.45. The highest BCUT2D eigenvalue weighted by Crippen LogP contribution is 2.79. The first-order valence-electron chi connectivity index (χ1n) is 7.78. The zero-order valence-electron chi connectivity index (χ0n) is 12.1. The lowest BCUT2D eigenvalue weighted by Gasteiger charge is -2.28. The van der Waals surface area contributed by atoms with Gasteiger partial charge in [-0.2, -0.15) is 0 Å². The Balaban J connectivity index is 1.69. The first kappa shape index (κ1) is 12.2. The molecule has 22 heavy (non-hydrogen) atoms. The minimum absolute atomic E-state index is 0.0871. The molecule has 2 aromatic carbocycles. The molecule has 5 rings (SSSR count). The number of cyclic esters (lactones) is 1. The zero-order valence-corrected chi connectivity index (χ0v) is 12.1. The number of benzene rings is 2. The van der Waals surface area contributed by atoms with Gasteiger partial charge in [0.1, 0.15) is 5.41 Å². The fourth-order valence-corrected chi connectivity index (χ4v) is 4.87. The fourth-order valence-electron chi connectivity index (χ4n) is 4.87. The van der Waals surface area contributed by atoms with Gasteiger partial charge >= 0.3 is 5.97 Å². The molecule has 1 spiro atoms. The fraction of sp³-hybridized carbons (Fsp3) is 0.250. The monoisotopic (exact) mass is 288 g/mol. The van der Waals surface area contributed by atoms with Gasteiger partial charge in [-0.25, -0.2) is 0 Å². The molecule has 1 aliphatic heterocycles. The van der Waals surface area contributed by atoms with Gasteiger partial charge in [0.05, 0.1) is 6.61 Å². The van der Waals surface area contributed by atoms with Gasteiger partial charge < -0.3 is 4.74 Å². The molecule has 0 aromatic heterocycles. The largest absolute Gasteiger partial charge is 0.464 e. The number of esters is 1. The summed E-state index contributed by atoms with van der Waals surface area (Å²) in [4.78, 5) is 12.7. The summed E-state index contributed by atoms with van der Waals surface area (Å²) in [6.45, 7) is 0.526. The van der Waals surface area contributed by atoms with Crippen LogP contribution in [0.3, 0.4) is 0 Å². The van der Waals surface area contributed by atoms with Crippen LogP contribution in [0.25, 0.3) is 0 Å². The van der Waals surface area contributed by atoms with Gasteiger partial charge in [0.2, 0.25) is 0 Å². The second-order valence-corrected chi connectivity index (χ2v) is 6.56. The van der Waals surface area contributed by atoms with Crippen LogP contribution in [0.15, 0.2) is 72.8 Å². The SMILES string of the molecule is O=C1OCC23C(C=C[C@]12c1ccccc1)[C@@H]3c1ccccc1. The molecular weight excluding hydrogens is 272 g/mol. The van der Waals surface area contributed by atoms with E-state index >= 15 is 0 Å². The summed E-state index contributed by atoms with van der Waals surface area (Å²) >= 11 is 0. The molecule has 2 aliphatic carbocycles. The van der Waals surface area contributed by atoms with E-state index in [1.165, 1.54) is 5.56 Å². The van der Waals surface area contributed by atoms with E-state index < -0.39 is 5.41 Å². The quantitative estimate of drug-likeness (QED) is 0.625. The van der Waals surface area contributed by atoms with Crippen LogP contribution in [0.5, 0.6) is 0 Å². The smallest absolute Gasteiger partial charge is 0.321 e. The van der Waals surface area contributed by atoms with E-state index in [0.717, 1.165) is 5.56 Å². The van der Waals surface area contributed by atoms with E-state index in [1.807, 2.05) is 24.3 Å². The third kappa shape index (κ3) is 1.17. The van der Waals surface area contributed by atoms with E-state index in [9.17, 15) is 4.79 Å². The molecule has 0 radical (unpaired) electrons. The van der Waals surface area contributed by atoms with Crippen molar-refractivity contribution in [3.05, 3.63) is 83.9 Å². The minimum atomic E-state index is -0.598. The first-order valence-corrected chi connectivity index (χ1v) is 7.78. The maximum absolute atomic E-state index is 12.7. The Morgan fingerprint density at radius 1 is 0.955 bits per heavy atom. The number of carbonyl (C=O) groups is 1. The molecule has 2 aromatic rings. The van der Waals surface area contributed by atoms with Gasteiger partial charge in [-0.05, 0) is 17.0 Å². The summed E-state index contributed by atoms with van der Waals surface area (Å²) < 4.78 is 5.58. The highest BCUT2D eigenvalue weighted by molar-refractivity contribution is 5.92. The summed E-state index contributed by atoms with van der Waals surface area (Å²) in [5, 5.41) is 0. The lowest BCUT2D eigenvalue weighted by atomic mass is 9.69. The number of ether oxygens (including phenoxy) is 1. The predicted molar refractivity (Wildman–Crippen MR) is 83.3 cm³/mol. The van der Waals surface area contributed by atoms with Crippen molar-refractivity contribution in [3.8, 4) is 0 Å². The molecule has 2 nitrogen and oxygen atoms in total. The molecule has 2 unspecified atom stereocenters. The number of hydrogen-bond donors (Lipinski definition) is 0. The minimum Gasteiger partial charge on any atom is -0.464 e. The third-order valence-electron chi connectivity index (χ3n) is 5.84. The molecule has 1 saturated carbocycles. The second kappa shape index (κ2) is 3.89. The van der Waals surface area contributed by atoms with Crippen molar-refractivity contribution >= 4 is 5.97 Å². The molecule has 4 atom stereocenters. The van der Waals surface area contributed by atoms with Crippen LogP contribution in [-0.2, 0) is 14.9 Å². The maximum Gasteiger partial charge on any atom is 0.321 e. The lowest BCUT2D eigenvalue weighted by molar-refractivity contribution is -0.141. The average molecular weight is 288 g/mol. The summed E-state index contributed by atoms with van der Waals surface area (Å²) in [5.74, 6) is 0.697. The van der Waals surface area contributed by atoms with E-state index in [-0.39, 0.29) is 11.4 Å². The lowest BCUT2D eigenvalue weighted by Crippen LogP contribution is -2.37. The van der Waals surface area contributed by atoms with E-state index in [4.69, 9.17) is 4.74 Å². The highest BCUT2D eigenvalue weighted by Gasteiger charge is 2.82. The topological polar surface area (TPSA) is 26.3 Å². The Morgan fingerprint density at radius 2 is 1.64 bits per heavy atom. The summed E-state index contributed by atoms with van der Waals surface area (Å²) in [6.07, 6.45) is 4.34. The average Bonchev–Trinajstić information content (AvgIpc) is 2.94. The third-order valence-corrected chi connectivity index (χ3v) is 5.84. The van der Waals surface area contributed by atoms with Crippen molar-refractivity contribution in [2.45, 2.75) is 11.3 Å². The maximum atomic E-state index is 12.7. The van der Waals surface area contributed by atoms with Crippen LogP contribution in [0.4, 0.5) is 0 Å². The molecular formula is C20H16O2. The highest BCUT2D eigenvalue weighted by atomic mass is 16.5. The summed E-state index contributed by atoms with van der Waals surface area (Å²) in [6, 6.07) is 20.6. The van der Waals surface area contributed by atoms with Gasteiger partial charge in [0.25, 0.3) is 0 Å². The Kier molecular flexibility index (Phi) is 2.16. The van der Waals surface area contributed by atoms with Crippen LogP contribution in [-0.4, -0.2) is 12.6 Å². The van der Waals surface area contributed by atoms with Crippen LogP contribution in [0, 0.1) is 11.3 Å². The molecule has 108 valence electrons. The molecule has 0 amide bonds. The normalized spacial score (nSPS) is 37.5. The van der Waals surface area contributed by atoms with Crippen molar-refractivity contribution < 1.29 is 9.53 Å².